The fourth-order valence-corrected chi connectivity index (χ4v) is 2.99. The van der Waals surface area contributed by atoms with E-state index in [9.17, 15) is 4.79 Å². The van der Waals surface area contributed by atoms with Gasteiger partial charge in [0.1, 0.15) is 0 Å². The molecular weight excluding hydrogens is 266 g/mol. The summed E-state index contributed by atoms with van der Waals surface area (Å²) in [4.78, 5) is 12.3. The van der Waals surface area contributed by atoms with Crippen molar-refractivity contribution in [3.63, 3.8) is 0 Å². The second-order valence-corrected chi connectivity index (χ2v) is 5.87. The molecular formula is C17H23NO3. The molecule has 1 aromatic carbocycles. The van der Waals surface area contributed by atoms with Gasteiger partial charge in [0.25, 0.3) is 0 Å². The van der Waals surface area contributed by atoms with Crippen LogP contribution in [0, 0.1) is 5.92 Å². The van der Waals surface area contributed by atoms with Crippen molar-refractivity contribution in [1.29, 1.82) is 0 Å². The van der Waals surface area contributed by atoms with Crippen LogP contribution >= 0.6 is 0 Å². The molecule has 3 rings (SSSR count). The number of hydrogen-bond donors (Lipinski definition) is 1. The molecule has 2 aliphatic heterocycles. The fraction of sp³-hybridized carbons (Fsp3) is 0.588. The van der Waals surface area contributed by atoms with Crippen molar-refractivity contribution >= 4 is 5.78 Å². The number of piperidine rings is 1. The molecule has 0 unspecified atom stereocenters. The van der Waals surface area contributed by atoms with Gasteiger partial charge in [-0.25, -0.2) is 0 Å². The summed E-state index contributed by atoms with van der Waals surface area (Å²) >= 11 is 0. The number of nitrogens with one attached hydrogen (secondary N) is 1. The molecule has 4 heteroatoms. The molecule has 2 aliphatic rings. The summed E-state index contributed by atoms with van der Waals surface area (Å²) < 4.78 is 11.2. The molecule has 1 N–H and O–H groups in total. The Bertz CT molecular complexity index is 495. The highest BCUT2D eigenvalue weighted by Gasteiger charge is 2.17. The van der Waals surface area contributed by atoms with Crippen molar-refractivity contribution in [3.05, 3.63) is 23.8 Å². The Hall–Kier alpha value is -1.55. The van der Waals surface area contributed by atoms with Crippen molar-refractivity contribution in [3.8, 4) is 11.5 Å². The SMILES string of the molecule is O=C(CCC1CCNCC1)c1ccc2c(c1)OCCCO2. The van der Waals surface area contributed by atoms with E-state index in [0.717, 1.165) is 37.2 Å². The summed E-state index contributed by atoms with van der Waals surface area (Å²) in [5.74, 6) is 2.36. The summed E-state index contributed by atoms with van der Waals surface area (Å²) in [6.07, 6.45) is 4.88. The van der Waals surface area contributed by atoms with E-state index in [1.54, 1.807) is 0 Å². The van der Waals surface area contributed by atoms with Crippen molar-refractivity contribution in [1.82, 2.24) is 5.32 Å². The first-order valence-corrected chi connectivity index (χ1v) is 7.96. The van der Waals surface area contributed by atoms with Crippen molar-refractivity contribution in [2.75, 3.05) is 26.3 Å². The van der Waals surface area contributed by atoms with Crippen LogP contribution in [-0.4, -0.2) is 32.1 Å². The van der Waals surface area contributed by atoms with Crippen LogP contribution in [0.5, 0.6) is 11.5 Å². The summed E-state index contributed by atoms with van der Waals surface area (Å²) in [5.41, 5.74) is 0.744. The van der Waals surface area contributed by atoms with Crippen LogP contribution in [0.25, 0.3) is 0 Å². The van der Waals surface area contributed by atoms with Gasteiger partial charge in [0.15, 0.2) is 17.3 Å². The van der Waals surface area contributed by atoms with Crippen molar-refractivity contribution in [2.24, 2.45) is 5.92 Å². The molecule has 2 heterocycles. The lowest BCUT2D eigenvalue weighted by atomic mass is 9.91. The Morgan fingerprint density at radius 1 is 1.14 bits per heavy atom. The Labute approximate surface area is 125 Å². The van der Waals surface area contributed by atoms with Crippen molar-refractivity contribution < 1.29 is 14.3 Å². The lowest BCUT2D eigenvalue weighted by Gasteiger charge is -2.22. The third-order valence-corrected chi connectivity index (χ3v) is 4.31. The van der Waals surface area contributed by atoms with Crippen LogP contribution in [0.3, 0.4) is 0 Å². The Kier molecular flexibility index (Phi) is 4.76. The lowest BCUT2D eigenvalue weighted by Crippen LogP contribution is -2.27. The monoisotopic (exact) mass is 289 g/mol. The molecule has 0 bridgehead atoms. The number of Topliss-reactive ketones (excluding diaryl/α,β-unsaturated/α-hetero) is 1. The average molecular weight is 289 g/mol. The number of hydrogen-bond acceptors (Lipinski definition) is 4. The molecule has 21 heavy (non-hydrogen) atoms. The topological polar surface area (TPSA) is 47.6 Å². The van der Waals surface area contributed by atoms with Crippen LogP contribution < -0.4 is 14.8 Å². The predicted octanol–water partition coefficient (Wildman–Crippen LogP) is 2.81. The summed E-state index contributed by atoms with van der Waals surface area (Å²) in [7, 11) is 0. The molecule has 114 valence electrons. The minimum atomic E-state index is 0.212. The lowest BCUT2D eigenvalue weighted by molar-refractivity contribution is 0.0970. The van der Waals surface area contributed by atoms with E-state index in [2.05, 4.69) is 5.32 Å². The smallest absolute Gasteiger partial charge is 0.163 e. The second-order valence-electron chi connectivity index (χ2n) is 5.87. The van der Waals surface area contributed by atoms with Gasteiger partial charge < -0.3 is 14.8 Å². The van der Waals surface area contributed by atoms with Gasteiger partial charge in [-0.05, 0) is 56.5 Å². The highest BCUT2D eigenvalue weighted by Crippen LogP contribution is 2.31. The second kappa shape index (κ2) is 6.94. The van der Waals surface area contributed by atoms with Crippen LogP contribution in [0.1, 0.15) is 42.5 Å². The van der Waals surface area contributed by atoms with Gasteiger partial charge >= 0.3 is 0 Å². The molecule has 4 nitrogen and oxygen atoms in total. The zero-order valence-corrected chi connectivity index (χ0v) is 12.4. The van der Waals surface area contributed by atoms with E-state index in [-0.39, 0.29) is 5.78 Å². The number of fused-ring (bicyclic) bond motifs is 1. The molecule has 1 fully saturated rings. The molecule has 0 atom stereocenters. The zero-order valence-electron chi connectivity index (χ0n) is 12.4. The first kappa shape index (κ1) is 14.4. The molecule has 0 aromatic heterocycles. The van der Waals surface area contributed by atoms with E-state index in [1.165, 1.54) is 12.8 Å². The fourth-order valence-electron chi connectivity index (χ4n) is 2.99. The van der Waals surface area contributed by atoms with Gasteiger partial charge in [-0.1, -0.05) is 0 Å². The molecule has 0 aliphatic carbocycles. The Morgan fingerprint density at radius 2 is 1.90 bits per heavy atom. The number of carbonyl (C=O) groups excluding carboxylic acids is 1. The molecule has 0 amide bonds. The number of rotatable bonds is 4. The van der Waals surface area contributed by atoms with Crippen LogP contribution in [0.2, 0.25) is 0 Å². The predicted molar refractivity (Wildman–Crippen MR) is 81.2 cm³/mol. The Balaban J connectivity index is 1.60. The normalized spacial score (nSPS) is 19.0. The molecule has 1 saturated heterocycles. The summed E-state index contributed by atoms with van der Waals surface area (Å²) in [6.45, 7) is 3.50. The maximum atomic E-state index is 12.3. The van der Waals surface area contributed by atoms with E-state index >= 15 is 0 Å². The highest BCUT2D eigenvalue weighted by atomic mass is 16.5. The standard InChI is InChI=1S/C17H23NO3/c19-15(4-2-13-6-8-18-9-7-13)14-3-5-16-17(12-14)21-11-1-10-20-16/h3,5,12-13,18H,1-2,4,6-11H2. The first-order chi connectivity index (χ1) is 10.3. The number of ether oxygens (including phenoxy) is 2. The number of carbonyl (C=O) groups is 1. The highest BCUT2D eigenvalue weighted by molar-refractivity contribution is 5.96. The number of benzene rings is 1. The maximum Gasteiger partial charge on any atom is 0.163 e. The summed E-state index contributed by atoms with van der Waals surface area (Å²) in [6, 6.07) is 5.56. The van der Waals surface area contributed by atoms with Crippen molar-refractivity contribution in [2.45, 2.75) is 32.1 Å². The molecule has 0 radical (unpaired) electrons. The van der Waals surface area contributed by atoms with Gasteiger partial charge in [-0.2, -0.15) is 0 Å². The molecule has 0 saturated carbocycles. The third kappa shape index (κ3) is 3.76. The first-order valence-electron chi connectivity index (χ1n) is 7.96. The van der Waals surface area contributed by atoms with Gasteiger partial charge in [-0.3, -0.25) is 4.79 Å². The van der Waals surface area contributed by atoms with Gasteiger partial charge in [0.05, 0.1) is 13.2 Å². The minimum absolute atomic E-state index is 0.212. The Morgan fingerprint density at radius 3 is 2.71 bits per heavy atom. The van der Waals surface area contributed by atoms with Gasteiger partial charge in [0, 0.05) is 18.4 Å². The van der Waals surface area contributed by atoms with Gasteiger partial charge in [-0.15, -0.1) is 0 Å². The van der Waals surface area contributed by atoms with Crippen LogP contribution in [0.15, 0.2) is 18.2 Å². The quantitative estimate of drug-likeness (QED) is 0.866. The molecule has 1 aromatic rings. The molecule has 0 spiro atoms. The minimum Gasteiger partial charge on any atom is -0.490 e. The van der Waals surface area contributed by atoms with Crippen LogP contribution in [-0.2, 0) is 0 Å². The average Bonchev–Trinajstić information content (AvgIpc) is 2.78. The van der Waals surface area contributed by atoms with E-state index in [0.29, 0.717) is 31.3 Å². The largest absolute Gasteiger partial charge is 0.490 e. The van der Waals surface area contributed by atoms with Crippen LogP contribution in [0.4, 0.5) is 0 Å². The van der Waals surface area contributed by atoms with Gasteiger partial charge in [0.2, 0.25) is 0 Å². The zero-order chi connectivity index (χ0) is 14.5. The van der Waals surface area contributed by atoms with E-state index in [1.807, 2.05) is 18.2 Å². The third-order valence-electron chi connectivity index (χ3n) is 4.31. The number of ketones is 1. The summed E-state index contributed by atoms with van der Waals surface area (Å²) in [5, 5.41) is 3.36. The maximum absolute atomic E-state index is 12.3. The van der Waals surface area contributed by atoms with E-state index < -0.39 is 0 Å². The van der Waals surface area contributed by atoms with E-state index in [4.69, 9.17) is 9.47 Å².